The van der Waals surface area contributed by atoms with E-state index in [0.29, 0.717) is 4.47 Å². The summed E-state index contributed by atoms with van der Waals surface area (Å²) < 4.78 is 41.2. The summed E-state index contributed by atoms with van der Waals surface area (Å²) in [4.78, 5) is 0. The lowest BCUT2D eigenvalue weighted by Gasteiger charge is -2.18. The molecule has 0 radical (unpaired) electrons. The Labute approximate surface area is 111 Å². The van der Waals surface area contributed by atoms with Crippen LogP contribution >= 0.6 is 15.9 Å². The van der Waals surface area contributed by atoms with Crippen molar-refractivity contribution in [1.82, 2.24) is 4.57 Å². The van der Waals surface area contributed by atoms with Crippen molar-refractivity contribution in [3.63, 3.8) is 0 Å². The predicted octanol–water partition coefficient (Wildman–Crippen LogP) is 4.88. The first-order valence-corrected chi connectivity index (χ1v) is 6.12. The molecule has 1 heterocycles. The molecule has 0 amide bonds. The van der Waals surface area contributed by atoms with Crippen LogP contribution in [0.25, 0.3) is 5.69 Å². The van der Waals surface area contributed by atoms with Crippen LogP contribution in [0.15, 0.2) is 34.8 Å². The first kappa shape index (κ1) is 13.2. The summed E-state index contributed by atoms with van der Waals surface area (Å²) in [5.41, 5.74) is 1.04. The van der Waals surface area contributed by atoms with Crippen molar-refractivity contribution in [2.24, 2.45) is 0 Å². The van der Waals surface area contributed by atoms with Crippen LogP contribution in [0, 0.1) is 13.8 Å². The van der Waals surface area contributed by atoms with Gasteiger partial charge in [0.25, 0.3) is 0 Å². The van der Waals surface area contributed by atoms with Crippen molar-refractivity contribution >= 4 is 15.9 Å². The first-order valence-electron chi connectivity index (χ1n) is 5.33. The molecule has 0 fully saturated rings. The quantitative estimate of drug-likeness (QED) is 0.706. The average Bonchev–Trinajstić information content (AvgIpc) is 2.58. The van der Waals surface area contributed by atoms with E-state index in [1.54, 1.807) is 36.6 Å². The standard InChI is InChI=1S/C13H11BrF3N/c1-8-6-7-9(2)18(8)12-10(13(15,16)17)4-3-5-11(12)14/h3-7H,1-2H3. The number of aryl methyl sites for hydroxylation is 2. The molecule has 0 aliphatic rings. The van der Waals surface area contributed by atoms with Gasteiger partial charge < -0.3 is 4.57 Å². The highest BCUT2D eigenvalue weighted by Gasteiger charge is 2.35. The van der Waals surface area contributed by atoms with Crippen LogP contribution in [0.1, 0.15) is 17.0 Å². The number of nitrogens with zero attached hydrogens (tertiary/aromatic N) is 1. The van der Waals surface area contributed by atoms with Crippen LogP contribution in [0.3, 0.4) is 0 Å². The number of benzene rings is 1. The molecular formula is C13H11BrF3N. The molecule has 0 N–H and O–H groups in total. The molecule has 1 aromatic heterocycles. The highest BCUT2D eigenvalue weighted by molar-refractivity contribution is 9.10. The SMILES string of the molecule is Cc1ccc(C)n1-c1c(Br)cccc1C(F)(F)F. The fourth-order valence-electron chi connectivity index (χ4n) is 1.99. The second-order valence-electron chi connectivity index (χ2n) is 4.09. The van der Waals surface area contributed by atoms with E-state index in [9.17, 15) is 13.2 Å². The highest BCUT2D eigenvalue weighted by Crippen LogP contribution is 2.38. The van der Waals surface area contributed by atoms with Gasteiger partial charge in [-0.15, -0.1) is 0 Å². The van der Waals surface area contributed by atoms with Crippen molar-refractivity contribution in [1.29, 1.82) is 0 Å². The van der Waals surface area contributed by atoms with Gasteiger partial charge in [0.1, 0.15) is 0 Å². The molecule has 2 rings (SSSR count). The second-order valence-corrected chi connectivity index (χ2v) is 4.94. The summed E-state index contributed by atoms with van der Waals surface area (Å²) >= 11 is 3.21. The number of rotatable bonds is 1. The molecule has 0 atom stereocenters. The van der Waals surface area contributed by atoms with E-state index in [0.717, 1.165) is 17.5 Å². The van der Waals surface area contributed by atoms with E-state index in [1.165, 1.54) is 6.07 Å². The second kappa shape index (κ2) is 4.46. The predicted molar refractivity (Wildman–Crippen MR) is 67.9 cm³/mol. The third-order valence-corrected chi connectivity index (χ3v) is 3.43. The summed E-state index contributed by atoms with van der Waals surface area (Å²) in [5, 5.41) is 0. The molecule has 5 heteroatoms. The third kappa shape index (κ3) is 2.19. The summed E-state index contributed by atoms with van der Waals surface area (Å²) in [6.07, 6.45) is -4.37. The van der Waals surface area contributed by atoms with Crippen molar-refractivity contribution in [2.75, 3.05) is 0 Å². The van der Waals surface area contributed by atoms with E-state index in [4.69, 9.17) is 0 Å². The van der Waals surface area contributed by atoms with E-state index in [2.05, 4.69) is 15.9 Å². The van der Waals surface area contributed by atoms with Gasteiger partial charge in [-0.05, 0) is 54.0 Å². The smallest absolute Gasteiger partial charge is 0.317 e. The molecule has 0 bridgehead atoms. The zero-order valence-corrected chi connectivity index (χ0v) is 11.4. The summed E-state index contributed by atoms with van der Waals surface area (Å²) in [5.74, 6) is 0. The van der Waals surface area contributed by atoms with Crippen molar-refractivity contribution in [3.8, 4) is 5.69 Å². The van der Waals surface area contributed by atoms with Gasteiger partial charge in [-0.1, -0.05) is 6.07 Å². The van der Waals surface area contributed by atoms with Crippen LogP contribution in [0.2, 0.25) is 0 Å². The fourth-order valence-corrected chi connectivity index (χ4v) is 2.54. The molecule has 96 valence electrons. The Balaban J connectivity index is 2.79. The summed E-state index contributed by atoms with van der Waals surface area (Å²) in [6, 6.07) is 7.71. The molecule has 2 aromatic rings. The van der Waals surface area contributed by atoms with Crippen LogP contribution in [0.4, 0.5) is 13.2 Å². The van der Waals surface area contributed by atoms with Crippen molar-refractivity contribution in [3.05, 3.63) is 51.8 Å². The maximum absolute atomic E-state index is 13.0. The number of halogens is 4. The molecule has 0 spiro atoms. The Bertz CT molecular complexity index is 565. The number of para-hydroxylation sites is 1. The van der Waals surface area contributed by atoms with E-state index < -0.39 is 11.7 Å². The van der Waals surface area contributed by atoms with Gasteiger partial charge in [-0.3, -0.25) is 0 Å². The average molecular weight is 318 g/mol. The van der Waals surface area contributed by atoms with Crippen LogP contribution in [0.5, 0.6) is 0 Å². The van der Waals surface area contributed by atoms with Gasteiger partial charge >= 0.3 is 6.18 Å². The van der Waals surface area contributed by atoms with E-state index in [-0.39, 0.29) is 5.69 Å². The lowest BCUT2D eigenvalue weighted by Crippen LogP contribution is -2.12. The van der Waals surface area contributed by atoms with Gasteiger partial charge in [0.2, 0.25) is 0 Å². The minimum Gasteiger partial charge on any atom is -0.317 e. The Morgan fingerprint density at radius 1 is 1.00 bits per heavy atom. The maximum Gasteiger partial charge on any atom is 0.418 e. The zero-order chi connectivity index (χ0) is 13.5. The number of aromatic nitrogens is 1. The minimum atomic E-state index is -4.37. The third-order valence-electron chi connectivity index (χ3n) is 2.79. The molecule has 0 unspecified atom stereocenters. The number of hydrogen-bond donors (Lipinski definition) is 0. The van der Waals surface area contributed by atoms with E-state index >= 15 is 0 Å². The lowest BCUT2D eigenvalue weighted by atomic mass is 10.1. The molecule has 0 aliphatic heterocycles. The molecule has 1 nitrogen and oxygen atoms in total. The van der Waals surface area contributed by atoms with E-state index in [1.807, 2.05) is 0 Å². The topological polar surface area (TPSA) is 4.93 Å². The number of alkyl halides is 3. The Morgan fingerprint density at radius 3 is 2.06 bits per heavy atom. The Kier molecular flexibility index (Phi) is 3.27. The molecule has 18 heavy (non-hydrogen) atoms. The largest absolute Gasteiger partial charge is 0.418 e. The van der Waals surface area contributed by atoms with Gasteiger partial charge in [0.05, 0.1) is 11.3 Å². The van der Waals surface area contributed by atoms with Crippen LogP contribution < -0.4 is 0 Å². The van der Waals surface area contributed by atoms with Crippen molar-refractivity contribution < 1.29 is 13.2 Å². The lowest BCUT2D eigenvalue weighted by molar-refractivity contribution is -0.137. The zero-order valence-electron chi connectivity index (χ0n) is 9.85. The summed E-state index contributed by atoms with van der Waals surface area (Å²) in [7, 11) is 0. The fraction of sp³-hybridized carbons (Fsp3) is 0.231. The highest BCUT2D eigenvalue weighted by atomic mass is 79.9. The number of hydrogen-bond acceptors (Lipinski definition) is 0. The maximum atomic E-state index is 13.0. The first-order chi connectivity index (χ1) is 8.32. The monoisotopic (exact) mass is 317 g/mol. The van der Waals surface area contributed by atoms with Crippen molar-refractivity contribution in [2.45, 2.75) is 20.0 Å². The molecule has 1 aromatic carbocycles. The van der Waals surface area contributed by atoms with Crippen LogP contribution in [-0.2, 0) is 6.18 Å². The van der Waals surface area contributed by atoms with Gasteiger partial charge in [0, 0.05) is 15.9 Å². The normalized spacial score (nSPS) is 11.9. The Morgan fingerprint density at radius 2 is 1.56 bits per heavy atom. The van der Waals surface area contributed by atoms with Gasteiger partial charge in [0.15, 0.2) is 0 Å². The van der Waals surface area contributed by atoms with Crippen LogP contribution in [-0.4, -0.2) is 4.57 Å². The molecule has 0 aliphatic carbocycles. The molecular weight excluding hydrogens is 307 g/mol. The van der Waals surface area contributed by atoms with Gasteiger partial charge in [-0.2, -0.15) is 13.2 Å². The Hall–Kier alpha value is -1.23. The minimum absolute atomic E-state index is 0.144. The molecule has 0 saturated carbocycles. The summed E-state index contributed by atoms with van der Waals surface area (Å²) in [6.45, 7) is 3.57. The van der Waals surface area contributed by atoms with Gasteiger partial charge in [-0.25, -0.2) is 0 Å². The molecule has 0 saturated heterocycles.